The van der Waals surface area contributed by atoms with Crippen LogP contribution in [0, 0.1) is 6.92 Å². The number of amides is 1. The number of hydrogen-bond donors (Lipinski definition) is 1. The van der Waals surface area contributed by atoms with Crippen LogP contribution in [0.2, 0.25) is 0 Å². The number of hydrogen-bond acceptors (Lipinski definition) is 7. The molecule has 0 radical (unpaired) electrons. The van der Waals surface area contributed by atoms with Crippen LogP contribution < -0.4 is 10.1 Å². The molecule has 0 saturated carbocycles. The Morgan fingerprint density at radius 1 is 0.911 bits per heavy atom. The molecule has 0 atom stereocenters. The van der Waals surface area contributed by atoms with Crippen LogP contribution in [0.5, 0.6) is 5.75 Å². The Morgan fingerprint density at radius 2 is 1.73 bits per heavy atom. The van der Waals surface area contributed by atoms with E-state index in [1.165, 1.54) is 0 Å². The van der Waals surface area contributed by atoms with Crippen LogP contribution >= 0.6 is 0 Å². The number of ether oxygens (including phenoxy) is 3. The first-order chi connectivity index (χ1) is 21.6. The van der Waals surface area contributed by atoms with E-state index >= 15 is 0 Å². The molecule has 0 aliphatic heterocycles. The monoisotopic (exact) mass is 606 g/mol. The lowest BCUT2D eigenvalue weighted by Gasteiger charge is -2.19. The zero-order chi connectivity index (χ0) is 32.0. The molecule has 0 bridgehead atoms. The van der Waals surface area contributed by atoms with E-state index in [0.717, 1.165) is 55.7 Å². The number of pyridine rings is 1. The molecular formula is C37H38N2O6. The molecule has 5 rings (SSSR count). The van der Waals surface area contributed by atoms with Gasteiger partial charge < -0.3 is 23.9 Å². The Morgan fingerprint density at radius 3 is 2.49 bits per heavy atom. The van der Waals surface area contributed by atoms with E-state index in [2.05, 4.69) is 22.4 Å². The third-order valence-corrected chi connectivity index (χ3v) is 6.97. The van der Waals surface area contributed by atoms with Gasteiger partial charge in [-0.2, -0.15) is 0 Å². The van der Waals surface area contributed by atoms with Crippen LogP contribution in [-0.4, -0.2) is 29.3 Å². The lowest BCUT2D eigenvalue weighted by molar-refractivity contribution is -0.142. The Labute approximate surface area is 263 Å². The highest BCUT2D eigenvalue weighted by atomic mass is 16.6. The molecule has 5 aromatic rings. The molecule has 3 aromatic carbocycles. The molecular weight excluding hydrogens is 568 g/mol. The highest BCUT2D eigenvalue weighted by molar-refractivity contribution is 5.93. The number of nitrogens with zero attached hydrogens (tertiary/aromatic N) is 1. The predicted molar refractivity (Wildman–Crippen MR) is 174 cm³/mol. The summed E-state index contributed by atoms with van der Waals surface area (Å²) in [5.41, 5.74) is 6.54. The maximum absolute atomic E-state index is 12.4. The average Bonchev–Trinajstić information content (AvgIpc) is 3.39. The van der Waals surface area contributed by atoms with Gasteiger partial charge >= 0.3 is 12.1 Å². The minimum Gasteiger partial charge on any atom is -0.489 e. The van der Waals surface area contributed by atoms with E-state index in [0.29, 0.717) is 18.9 Å². The van der Waals surface area contributed by atoms with Crippen molar-refractivity contribution >= 4 is 23.0 Å². The molecule has 45 heavy (non-hydrogen) atoms. The average molecular weight is 607 g/mol. The maximum atomic E-state index is 12.4. The summed E-state index contributed by atoms with van der Waals surface area (Å²) in [5.74, 6) is 1.09. The van der Waals surface area contributed by atoms with E-state index in [-0.39, 0.29) is 19.0 Å². The van der Waals surface area contributed by atoms with Crippen LogP contribution in [0.25, 0.3) is 33.2 Å². The second-order valence-electron chi connectivity index (χ2n) is 11.8. The third kappa shape index (κ3) is 8.29. The molecule has 0 fully saturated rings. The van der Waals surface area contributed by atoms with Gasteiger partial charge in [0.2, 0.25) is 0 Å². The van der Waals surface area contributed by atoms with Gasteiger partial charge in [0, 0.05) is 41.0 Å². The first-order valence-corrected chi connectivity index (χ1v) is 15.0. The number of esters is 1. The lowest BCUT2D eigenvalue weighted by atomic mass is 9.99. The number of carbonyl (C=O) groups excluding carboxylic acids is 2. The van der Waals surface area contributed by atoms with Crippen LogP contribution in [0.15, 0.2) is 89.6 Å². The van der Waals surface area contributed by atoms with Crippen molar-refractivity contribution in [3.8, 4) is 28.0 Å². The fraction of sp³-hybridized carbons (Fsp3) is 0.270. The molecule has 8 nitrogen and oxygen atoms in total. The number of aromatic nitrogens is 1. The first-order valence-electron chi connectivity index (χ1n) is 15.0. The zero-order valence-corrected chi connectivity index (χ0v) is 26.3. The van der Waals surface area contributed by atoms with Crippen molar-refractivity contribution in [3.05, 3.63) is 108 Å². The summed E-state index contributed by atoms with van der Waals surface area (Å²) in [6.45, 7) is 10.1. The molecule has 2 aromatic heterocycles. The number of rotatable bonds is 10. The molecule has 8 heteroatoms. The minimum atomic E-state index is -0.573. The van der Waals surface area contributed by atoms with Gasteiger partial charge in [-0.1, -0.05) is 36.4 Å². The summed E-state index contributed by atoms with van der Waals surface area (Å²) in [6.07, 6.45) is 3.16. The Hall–Kier alpha value is -5.11. The maximum Gasteiger partial charge on any atom is 0.407 e. The van der Waals surface area contributed by atoms with E-state index in [9.17, 15) is 9.59 Å². The highest BCUT2D eigenvalue weighted by Gasteiger charge is 2.17. The summed E-state index contributed by atoms with van der Waals surface area (Å²) < 4.78 is 23.1. The van der Waals surface area contributed by atoms with Crippen molar-refractivity contribution in [2.24, 2.45) is 0 Å². The Kier molecular flexibility index (Phi) is 9.52. The summed E-state index contributed by atoms with van der Waals surface area (Å²) in [4.78, 5) is 28.9. The van der Waals surface area contributed by atoms with E-state index in [1.54, 1.807) is 19.3 Å². The number of furan rings is 1. The van der Waals surface area contributed by atoms with Crippen LogP contribution in [0.3, 0.4) is 0 Å². The number of benzene rings is 3. The van der Waals surface area contributed by atoms with Crippen molar-refractivity contribution in [2.45, 2.75) is 59.8 Å². The van der Waals surface area contributed by atoms with Crippen molar-refractivity contribution in [2.75, 3.05) is 6.61 Å². The van der Waals surface area contributed by atoms with Gasteiger partial charge in [0.05, 0.1) is 13.0 Å². The van der Waals surface area contributed by atoms with Gasteiger partial charge in [-0.3, -0.25) is 9.78 Å². The van der Waals surface area contributed by atoms with Crippen molar-refractivity contribution in [1.29, 1.82) is 0 Å². The largest absolute Gasteiger partial charge is 0.489 e. The normalized spacial score (nSPS) is 11.3. The second kappa shape index (κ2) is 13.7. The zero-order valence-electron chi connectivity index (χ0n) is 26.3. The fourth-order valence-corrected chi connectivity index (χ4v) is 5.06. The summed E-state index contributed by atoms with van der Waals surface area (Å²) in [7, 11) is 0. The molecule has 232 valence electrons. The molecule has 1 N–H and O–H groups in total. The number of aryl methyl sites for hydroxylation is 1. The molecule has 1 amide bonds. The van der Waals surface area contributed by atoms with Gasteiger partial charge in [0.25, 0.3) is 0 Å². The van der Waals surface area contributed by atoms with Crippen LogP contribution in [-0.2, 0) is 33.8 Å². The third-order valence-electron chi connectivity index (χ3n) is 6.97. The molecule has 0 aliphatic rings. The molecule has 0 spiro atoms. The van der Waals surface area contributed by atoms with Crippen molar-refractivity contribution in [3.63, 3.8) is 0 Å². The van der Waals surface area contributed by atoms with Crippen molar-refractivity contribution in [1.82, 2.24) is 10.3 Å². The van der Waals surface area contributed by atoms with Gasteiger partial charge in [-0.15, -0.1) is 0 Å². The predicted octanol–water partition coefficient (Wildman–Crippen LogP) is 8.18. The summed E-state index contributed by atoms with van der Waals surface area (Å²) in [6, 6.07) is 23.7. The Balaban J connectivity index is 1.43. The van der Waals surface area contributed by atoms with Gasteiger partial charge in [-0.05, 0) is 93.3 Å². The standard InChI is InChI=1S/C37H38N2O6/c1-6-42-34(40)20-29-13-12-27(30-11-8-14-38-22-30)19-33(29)43-23-26-17-31-15-24(2)44-35(31)32(18-26)28-10-7-9-25(16-28)21-39-36(41)45-37(3,4)5/h7-19,22H,6,20-21,23H2,1-5H3,(H,39,41). The number of carbonyl (C=O) groups is 2. The Bertz CT molecular complexity index is 1800. The molecule has 2 heterocycles. The molecule has 0 aliphatic carbocycles. The second-order valence-corrected chi connectivity index (χ2v) is 11.8. The number of alkyl carbamates (subject to hydrolysis) is 1. The smallest absolute Gasteiger partial charge is 0.407 e. The fourth-order valence-electron chi connectivity index (χ4n) is 5.06. The topological polar surface area (TPSA) is 99.9 Å². The molecule has 0 saturated heterocycles. The van der Waals surface area contributed by atoms with E-state index in [1.807, 2.05) is 88.4 Å². The quantitative estimate of drug-likeness (QED) is 0.160. The van der Waals surface area contributed by atoms with E-state index < -0.39 is 11.7 Å². The number of nitrogens with one attached hydrogen (secondary N) is 1. The van der Waals surface area contributed by atoms with Crippen molar-refractivity contribution < 1.29 is 28.2 Å². The summed E-state index contributed by atoms with van der Waals surface area (Å²) >= 11 is 0. The van der Waals surface area contributed by atoms with Crippen LogP contribution in [0.1, 0.15) is 50.1 Å². The van der Waals surface area contributed by atoms with Crippen LogP contribution in [0.4, 0.5) is 4.79 Å². The summed E-state index contributed by atoms with van der Waals surface area (Å²) in [5, 5.41) is 3.78. The van der Waals surface area contributed by atoms with Gasteiger partial charge in [0.15, 0.2) is 0 Å². The first kappa shape index (κ1) is 31.3. The highest BCUT2D eigenvalue weighted by Crippen LogP contribution is 2.34. The lowest BCUT2D eigenvalue weighted by Crippen LogP contribution is -2.32. The molecule has 0 unspecified atom stereocenters. The number of fused-ring (bicyclic) bond motifs is 1. The van der Waals surface area contributed by atoms with Gasteiger partial charge in [-0.25, -0.2) is 4.79 Å². The SMILES string of the molecule is CCOC(=O)Cc1ccc(-c2cccnc2)cc1OCc1cc(-c2cccc(CNC(=O)OC(C)(C)C)c2)c2oc(C)cc2c1. The minimum absolute atomic E-state index is 0.103. The van der Waals surface area contributed by atoms with E-state index in [4.69, 9.17) is 18.6 Å². The van der Waals surface area contributed by atoms with Gasteiger partial charge in [0.1, 0.15) is 29.3 Å².